The Morgan fingerprint density at radius 1 is 1.20 bits per heavy atom. The molecule has 0 bridgehead atoms. The summed E-state index contributed by atoms with van der Waals surface area (Å²) in [6.45, 7) is 0.603. The van der Waals surface area contributed by atoms with Crippen LogP contribution in [0.15, 0.2) is 30.4 Å². The fraction of sp³-hybridized carbons (Fsp3) is 0.385. The number of hydrogen-bond acceptors (Lipinski definition) is 1. The first-order chi connectivity index (χ1) is 7.40. The number of aryl methyl sites for hydroxylation is 2. The summed E-state index contributed by atoms with van der Waals surface area (Å²) in [5.41, 5.74) is 2.94. The number of benzene rings is 1. The lowest BCUT2D eigenvalue weighted by atomic mass is 10.1. The fourth-order valence-corrected chi connectivity index (χ4v) is 2.04. The molecule has 0 saturated carbocycles. The SMILES string of the molecule is ClCC=CCOc1ccc2c(c1)CCC2. The van der Waals surface area contributed by atoms with E-state index >= 15 is 0 Å². The number of fused-ring (bicyclic) bond motifs is 1. The quantitative estimate of drug-likeness (QED) is 0.561. The Hall–Kier alpha value is -0.950. The highest BCUT2D eigenvalue weighted by molar-refractivity contribution is 6.18. The first kappa shape index (κ1) is 10.6. The summed E-state index contributed by atoms with van der Waals surface area (Å²) in [4.78, 5) is 0. The Morgan fingerprint density at radius 3 is 2.93 bits per heavy atom. The molecule has 0 amide bonds. The molecule has 0 N–H and O–H groups in total. The summed E-state index contributed by atoms with van der Waals surface area (Å²) in [6.07, 6.45) is 7.55. The lowest BCUT2D eigenvalue weighted by molar-refractivity contribution is 0.362. The van der Waals surface area contributed by atoms with Gasteiger partial charge < -0.3 is 4.74 Å². The van der Waals surface area contributed by atoms with Gasteiger partial charge >= 0.3 is 0 Å². The lowest BCUT2D eigenvalue weighted by Crippen LogP contribution is -1.94. The van der Waals surface area contributed by atoms with Crippen LogP contribution in [-0.2, 0) is 12.8 Å². The van der Waals surface area contributed by atoms with Gasteiger partial charge in [0.1, 0.15) is 12.4 Å². The zero-order chi connectivity index (χ0) is 10.5. The minimum Gasteiger partial charge on any atom is -0.490 e. The average Bonchev–Trinajstić information content (AvgIpc) is 2.71. The zero-order valence-electron chi connectivity index (χ0n) is 8.71. The van der Waals surface area contributed by atoms with Crippen LogP contribution in [0.4, 0.5) is 0 Å². The molecule has 1 aliphatic rings. The molecule has 15 heavy (non-hydrogen) atoms. The van der Waals surface area contributed by atoms with Crippen LogP contribution in [0.1, 0.15) is 17.5 Å². The highest BCUT2D eigenvalue weighted by Gasteiger charge is 2.10. The highest BCUT2D eigenvalue weighted by Crippen LogP contribution is 2.25. The van der Waals surface area contributed by atoms with Crippen molar-refractivity contribution in [2.24, 2.45) is 0 Å². The van der Waals surface area contributed by atoms with Gasteiger partial charge in [-0.25, -0.2) is 0 Å². The van der Waals surface area contributed by atoms with E-state index in [1.807, 2.05) is 12.2 Å². The van der Waals surface area contributed by atoms with Crippen molar-refractivity contribution in [3.8, 4) is 5.75 Å². The number of rotatable bonds is 4. The first-order valence-corrected chi connectivity index (χ1v) is 5.89. The van der Waals surface area contributed by atoms with Gasteiger partial charge in [0.05, 0.1) is 0 Å². The molecule has 1 nitrogen and oxygen atoms in total. The monoisotopic (exact) mass is 222 g/mol. The average molecular weight is 223 g/mol. The van der Waals surface area contributed by atoms with Crippen molar-refractivity contribution in [1.82, 2.24) is 0 Å². The van der Waals surface area contributed by atoms with Crippen LogP contribution in [-0.4, -0.2) is 12.5 Å². The molecule has 0 saturated heterocycles. The smallest absolute Gasteiger partial charge is 0.120 e. The van der Waals surface area contributed by atoms with Gasteiger partial charge in [0.25, 0.3) is 0 Å². The molecule has 0 heterocycles. The van der Waals surface area contributed by atoms with Gasteiger partial charge in [-0.05, 0) is 42.5 Å². The minimum absolute atomic E-state index is 0.549. The number of allylic oxidation sites excluding steroid dienone is 1. The second kappa shape index (κ2) is 5.22. The van der Waals surface area contributed by atoms with Crippen molar-refractivity contribution in [3.05, 3.63) is 41.5 Å². The normalized spacial score (nSPS) is 14.5. The fourth-order valence-electron chi connectivity index (χ4n) is 1.91. The lowest BCUT2D eigenvalue weighted by Gasteiger charge is -2.05. The van der Waals surface area contributed by atoms with Crippen LogP contribution >= 0.6 is 11.6 Å². The van der Waals surface area contributed by atoms with Crippen LogP contribution < -0.4 is 4.74 Å². The van der Waals surface area contributed by atoms with E-state index in [0.29, 0.717) is 12.5 Å². The number of hydrogen-bond donors (Lipinski definition) is 0. The molecule has 0 atom stereocenters. The van der Waals surface area contributed by atoms with Crippen LogP contribution in [0.5, 0.6) is 5.75 Å². The van der Waals surface area contributed by atoms with E-state index in [4.69, 9.17) is 16.3 Å². The predicted octanol–water partition coefficient (Wildman–Crippen LogP) is 3.35. The molecule has 0 aliphatic heterocycles. The van der Waals surface area contributed by atoms with Gasteiger partial charge in [-0.3, -0.25) is 0 Å². The molecule has 0 spiro atoms. The van der Waals surface area contributed by atoms with Crippen molar-refractivity contribution in [3.63, 3.8) is 0 Å². The van der Waals surface area contributed by atoms with E-state index in [1.165, 1.54) is 30.4 Å². The molecular formula is C13H15ClO. The van der Waals surface area contributed by atoms with Crippen LogP contribution in [0.3, 0.4) is 0 Å². The van der Waals surface area contributed by atoms with Crippen LogP contribution in [0.2, 0.25) is 0 Å². The number of alkyl halides is 1. The molecule has 2 rings (SSSR count). The maximum atomic E-state index is 5.59. The number of ether oxygens (including phenoxy) is 1. The van der Waals surface area contributed by atoms with Gasteiger partial charge in [-0.2, -0.15) is 0 Å². The van der Waals surface area contributed by atoms with Crippen molar-refractivity contribution < 1.29 is 4.74 Å². The molecule has 2 heteroatoms. The van der Waals surface area contributed by atoms with Crippen LogP contribution in [0.25, 0.3) is 0 Å². The standard InChI is InChI=1S/C13H15ClO/c14-8-1-2-9-15-13-7-6-11-4-3-5-12(11)10-13/h1-2,6-7,10H,3-5,8-9H2. The van der Waals surface area contributed by atoms with E-state index in [0.717, 1.165) is 5.75 Å². The maximum absolute atomic E-state index is 5.59. The van der Waals surface area contributed by atoms with Crippen molar-refractivity contribution in [1.29, 1.82) is 0 Å². The Morgan fingerprint density at radius 2 is 2.07 bits per heavy atom. The Labute approximate surface area is 95.7 Å². The van der Waals surface area contributed by atoms with Gasteiger partial charge in [0, 0.05) is 5.88 Å². The second-order valence-electron chi connectivity index (χ2n) is 3.72. The molecule has 80 valence electrons. The molecule has 0 aromatic heterocycles. The van der Waals surface area contributed by atoms with Crippen molar-refractivity contribution >= 4 is 11.6 Å². The molecule has 0 unspecified atom stereocenters. The molecule has 0 radical (unpaired) electrons. The second-order valence-corrected chi connectivity index (χ2v) is 4.03. The van der Waals surface area contributed by atoms with E-state index in [-0.39, 0.29) is 0 Å². The van der Waals surface area contributed by atoms with Crippen LogP contribution in [0, 0.1) is 0 Å². The van der Waals surface area contributed by atoms with E-state index in [2.05, 4.69) is 18.2 Å². The maximum Gasteiger partial charge on any atom is 0.120 e. The van der Waals surface area contributed by atoms with Gasteiger partial charge in [0.15, 0.2) is 0 Å². The molecule has 1 aliphatic carbocycles. The number of halogens is 1. The molecule has 0 fully saturated rings. The van der Waals surface area contributed by atoms with Crippen molar-refractivity contribution in [2.75, 3.05) is 12.5 Å². The first-order valence-electron chi connectivity index (χ1n) is 5.36. The predicted molar refractivity (Wildman–Crippen MR) is 63.8 cm³/mol. The van der Waals surface area contributed by atoms with E-state index < -0.39 is 0 Å². The Bertz CT molecular complexity index is 358. The summed E-state index contributed by atoms with van der Waals surface area (Å²) in [7, 11) is 0. The summed E-state index contributed by atoms with van der Waals surface area (Å²) < 4.78 is 5.59. The molecule has 1 aromatic rings. The minimum atomic E-state index is 0.549. The third kappa shape index (κ3) is 2.75. The molecule has 1 aromatic carbocycles. The summed E-state index contributed by atoms with van der Waals surface area (Å²) in [5, 5.41) is 0. The van der Waals surface area contributed by atoms with E-state index in [9.17, 15) is 0 Å². The van der Waals surface area contributed by atoms with Gasteiger partial charge in [-0.1, -0.05) is 18.2 Å². The van der Waals surface area contributed by atoms with Gasteiger partial charge in [0.2, 0.25) is 0 Å². The zero-order valence-corrected chi connectivity index (χ0v) is 9.46. The van der Waals surface area contributed by atoms with Gasteiger partial charge in [-0.15, -0.1) is 11.6 Å². The Kier molecular flexibility index (Phi) is 3.68. The Balaban J connectivity index is 1.95. The molecular weight excluding hydrogens is 208 g/mol. The van der Waals surface area contributed by atoms with Crippen molar-refractivity contribution in [2.45, 2.75) is 19.3 Å². The third-order valence-corrected chi connectivity index (χ3v) is 2.85. The largest absolute Gasteiger partial charge is 0.490 e. The summed E-state index contributed by atoms with van der Waals surface area (Å²) in [5.74, 6) is 1.52. The topological polar surface area (TPSA) is 9.23 Å². The third-order valence-electron chi connectivity index (χ3n) is 2.67. The summed E-state index contributed by atoms with van der Waals surface area (Å²) >= 11 is 5.52. The summed E-state index contributed by atoms with van der Waals surface area (Å²) in [6, 6.07) is 6.40. The van der Waals surface area contributed by atoms with E-state index in [1.54, 1.807) is 0 Å². The highest BCUT2D eigenvalue weighted by atomic mass is 35.5.